The van der Waals surface area contributed by atoms with E-state index in [0.717, 1.165) is 16.5 Å². The van der Waals surface area contributed by atoms with E-state index in [-0.39, 0.29) is 0 Å². The second-order valence-corrected chi connectivity index (χ2v) is 4.87. The van der Waals surface area contributed by atoms with Crippen LogP contribution >= 0.6 is 23.2 Å². The van der Waals surface area contributed by atoms with E-state index in [0.29, 0.717) is 15.7 Å². The number of pyridine rings is 1. The zero-order valence-corrected chi connectivity index (χ0v) is 11.1. The molecule has 0 atom stereocenters. The van der Waals surface area contributed by atoms with Crippen LogP contribution in [0.15, 0.2) is 36.7 Å². The van der Waals surface area contributed by atoms with Crippen molar-refractivity contribution in [3.8, 4) is 11.3 Å². The molecule has 0 aliphatic heterocycles. The average molecular weight is 278 g/mol. The zero-order valence-electron chi connectivity index (χ0n) is 9.56. The molecule has 0 aliphatic carbocycles. The van der Waals surface area contributed by atoms with E-state index in [2.05, 4.69) is 10.1 Å². The van der Waals surface area contributed by atoms with E-state index in [1.165, 1.54) is 0 Å². The lowest BCUT2D eigenvalue weighted by molar-refractivity contribution is 0.780. The van der Waals surface area contributed by atoms with E-state index in [1.54, 1.807) is 16.9 Å². The topological polar surface area (TPSA) is 30.7 Å². The Morgan fingerprint density at radius 2 is 2.06 bits per heavy atom. The number of aryl methyl sites for hydroxylation is 1. The van der Waals surface area contributed by atoms with Gasteiger partial charge in [0.1, 0.15) is 5.52 Å². The Morgan fingerprint density at radius 3 is 2.83 bits per heavy atom. The molecule has 0 unspecified atom stereocenters. The van der Waals surface area contributed by atoms with Crippen LogP contribution in [0.25, 0.3) is 22.2 Å². The van der Waals surface area contributed by atoms with Crippen LogP contribution < -0.4 is 0 Å². The van der Waals surface area contributed by atoms with Crippen molar-refractivity contribution >= 4 is 34.1 Å². The Labute approximate surface area is 114 Å². The summed E-state index contributed by atoms with van der Waals surface area (Å²) in [6, 6.07) is 7.62. The van der Waals surface area contributed by atoms with E-state index in [9.17, 15) is 0 Å². The van der Waals surface area contributed by atoms with Gasteiger partial charge in [0.2, 0.25) is 0 Å². The molecule has 0 saturated carbocycles. The van der Waals surface area contributed by atoms with Crippen molar-refractivity contribution in [2.75, 3.05) is 0 Å². The molecule has 5 heteroatoms. The maximum absolute atomic E-state index is 6.19. The third-order valence-corrected chi connectivity index (χ3v) is 3.21. The molecule has 0 bridgehead atoms. The summed E-state index contributed by atoms with van der Waals surface area (Å²) >= 11 is 12.0. The minimum atomic E-state index is 0.525. The van der Waals surface area contributed by atoms with Crippen LogP contribution in [-0.4, -0.2) is 14.8 Å². The Balaban J connectivity index is 2.31. The molecular weight excluding hydrogens is 269 g/mol. The van der Waals surface area contributed by atoms with Gasteiger partial charge >= 0.3 is 0 Å². The Kier molecular flexibility index (Phi) is 2.73. The summed E-state index contributed by atoms with van der Waals surface area (Å²) in [5.74, 6) is 0. The highest BCUT2D eigenvalue weighted by molar-refractivity contribution is 6.36. The zero-order chi connectivity index (χ0) is 12.7. The SMILES string of the molecule is Cn1cc2cccc(-c3ncc(Cl)cc3Cl)c2n1. The molecule has 2 aromatic heterocycles. The van der Waals surface area contributed by atoms with Crippen LogP contribution in [0.2, 0.25) is 10.0 Å². The quantitative estimate of drug-likeness (QED) is 0.675. The van der Waals surface area contributed by atoms with Gasteiger partial charge in [-0.25, -0.2) is 0 Å². The maximum atomic E-state index is 6.19. The standard InChI is InChI=1S/C13H9Cl2N3/c1-18-7-8-3-2-4-10(12(8)17-18)13-11(15)5-9(14)6-16-13/h2-7H,1H3. The first-order chi connectivity index (χ1) is 8.65. The lowest BCUT2D eigenvalue weighted by atomic mass is 10.1. The fourth-order valence-electron chi connectivity index (χ4n) is 1.97. The highest BCUT2D eigenvalue weighted by atomic mass is 35.5. The van der Waals surface area contributed by atoms with E-state index < -0.39 is 0 Å². The Hall–Kier alpha value is -1.58. The van der Waals surface area contributed by atoms with Crippen molar-refractivity contribution in [2.24, 2.45) is 7.05 Å². The number of aromatic nitrogens is 3. The van der Waals surface area contributed by atoms with E-state index >= 15 is 0 Å². The van der Waals surface area contributed by atoms with Gasteiger partial charge in [0, 0.05) is 30.4 Å². The monoisotopic (exact) mass is 277 g/mol. The minimum Gasteiger partial charge on any atom is -0.275 e. The summed E-state index contributed by atoms with van der Waals surface area (Å²) in [4.78, 5) is 4.29. The number of hydrogen-bond acceptors (Lipinski definition) is 2. The molecular formula is C13H9Cl2N3. The summed E-state index contributed by atoms with van der Waals surface area (Å²) < 4.78 is 1.78. The van der Waals surface area contributed by atoms with Crippen molar-refractivity contribution in [1.29, 1.82) is 0 Å². The number of hydrogen-bond donors (Lipinski definition) is 0. The maximum Gasteiger partial charge on any atom is 0.102 e. The number of halogens is 2. The molecule has 3 rings (SSSR count). The Bertz CT molecular complexity index is 734. The Morgan fingerprint density at radius 1 is 1.22 bits per heavy atom. The molecule has 18 heavy (non-hydrogen) atoms. The van der Waals surface area contributed by atoms with Gasteiger partial charge in [-0.1, -0.05) is 41.4 Å². The molecule has 0 aliphatic rings. The number of fused-ring (bicyclic) bond motifs is 1. The van der Waals surface area contributed by atoms with Crippen LogP contribution in [0.4, 0.5) is 0 Å². The lowest BCUT2D eigenvalue weighted by Crippen LogP contribution is -1.89. The number of rotatable bonds is 1. The molecule has 0 saturated heterocycles. The predicted molar refractivity (Wildman–Crippen MR) is 74.0 cm³/mol. The van der Waals surface area contributed by atoms with Crippen molar-refractivity contribution in [3.63, 3.8) is 0 Å². The molecule has 3 aromatic rings. The molecule has 0 fully saturated rings. The molecule has 0 spiro atoms. The number of nitrogens with zero attached hydrogens (tertiary/aromatic N) is 3. The van der Waals surface area contributed by atoms with Gasteiger partial charge in [-0.05, 0) is 6.07 Å². The molecule has 3 nitrogen and oxygen atoms in total. The predicted octanol–water partition coefficient (Wildman–Crippen LogP) is 3.94. The van der Waals surface area contributed by atoms with Crippen molar-refractivity contribution in [1.82, 2.24) is 14.8 Å². The first kappa shape index (κ1) is 11.5. The normalized spacial score (nSPS) is 11.1. The van der Waals surface area contributed by atoms with E-state index in [4.69, 9.17) is 23.2 Å². The lowest BCUT2D eigenvalue weighted by Gasteiger charge is -2.04. The van der Waals surface area contributed by atoms with Gasteiger partial charge < -0.3 is 0 Å². The summed E-state index contributed by atoms with van der Waals surface area (Å²) in [5, 5.41) is 6.55. The summed E-state index contributed by atoms with van der Waals surface area (Å²) in [5.41, 5.74) is 2.50. The molecule has 0 amide bonds. The minimum absolute atomic E-state index is 0.525. The second kappa shape index (κ2) is 4.26. The highest BCUT2D eigenvalue weighted by Gasteiger charge is 2.11. The number of benzene rings is 1. The van der Waals surface area contributed by atoms with Crippen molar-refractivity contribution in [3.05, 3.63) is 46.7 Å². The van der Waals surface area contributed by atoms with Gasteiger partial charge in [0.25, 0.3) is 0 Å². The average Bonchev–Trinajstić information content (AvgIpc) is 2.69. The molecule has 90 valence electrons. The molecule has 2 heterocycles. The van der Waals surface area contributed by atoms with Crippen LogP contribution in [0.1, 0.15) is 0 Å². The van der Waals surface area contributed by atoms with Crippen molar-refractivity contribution in [2.45, 2.75) is 0 Å². The van der Waals surface area contributed by atoms with Crippen LogP contribution in [0, 0.1) is 0 Å². The highest BCUT2D eigenvalue weighted by Crippen LogP contribution is 2.32. The van der Waals surface area contributed by atoms with Gasteiger partial charge in [0.15, 0.2) is 0 Å². The second-order valence-electron chi connectivity index (χ2n) is 4.03. The van der Waals surface area contributed by atoms with Crippen LogP contribution in [-0.2, 0) is 7.05 Å². The fraction of sp³-hybridized carbons (Fsp3) is 0.0769. The summed E-state index contributed by atoms with van der Waals surface area (Å²) in [6.45, 7) is 0. The van der Waals surface area contributed by atoms with Crippen LogP contribution in [0.3, 0.4) is 0 Å². The first-order valence-corrected chi connectivity index (χ1v) is 6.14. The largest absolute Gasteiger partial charge is 0.275 e. The van der Waals surface area contributed by atoms with Crippen molar-refractivity contribution < 1.29 is 0 Å². The van der Waals surface area contributed by atoms with Gasteiger partial charge in [-0.3, -0.25) is 9.67 Å². The summed E-state index contributed by atoms with van der Waals surface area (Å²) in [7, 11) is 1.89. The molecule has 0 N–H and O–H groups in total. The van der Waals surface area contributed by atoms with Crippen LogP contribution in [0.5, 0.6) is 0 Å². The third-order valence-electron chi connectivity index (χ3n) is 2.71. The summed E-state index contributed by atoms with van der Waals surface area (Å²) in [6.07, 6.45) is 3.55. The van der Waals surface area contributed by atoms with Gasteiger partial charge in [-0.2, -0.15) is 5.10 Å². The first-order valence-electron chi connectivity index (χ1n) is 5.39. The smallest absolute Gasteiger partial charge is 0.102 e. The van der Waals surface area contributed by atoms with Gasteiger partial charge in [-0.15, -0.1) is 0 Å². The van der Waals surface area contributed by atoms with Gasteiger partial charge in [0.05, 0.1) is 15.7 Å². The fourth-order valence-corrected chi connectivity index (χ4v) is 2.45. The molecule has 1 aromatic carbocycles. The molecule has 0 radical (unpaired) electrons. The van der Waals surface area contributed by atoms with E-state index in [1.807, 2.05) is 31.4 Å². The third kappa shape index (κ3) is 1.85.